The second kappa shape index (κ2) is 6.85. The zero-order valence-corrected chi connectivity index (χ0v) is 17.8. The smallest absolute Gasteiger partial charge is 0.0540 e. The average Bonchev–Trinajstić information content (AvgIpc) is 2.79. The predicted octanol–water partition coefficient (Wildman–Crippen LogP) is 8.67. The van der Waals surface area contributed by atoms with Crippen LogP contribution in [0.2, 0.25) is 0 Å². The van der Waals surface area contributed by atoms with Crippen LogP contribution in [0.1, 0.15) is 11.1 Å². The zero-order valence-electron chi connectivity index (χ0n) is 17.8. The minimum absolute atomic E-state index is 1.18. The van der Waals surface area contributed by atoms with E-state index >= 15 is 0 Å². The number of rotatable bonds is 3. The van der Waals surface area contributed by atoms with Gasteiger partial charge in [-0.05, 0) is 82.2 Å². The minimum Gasteiger partial charge on any atom is -0.310 e. The summed E-state index contributed by atoms with van der Waals surface area (Å²) in [5.41, 5.74) is 6.09. The van der Waals surface area contributed by atoms with E-state index in [1.807, 2.05) is 0 Å². The maximum Gasteiger partial charge on any atom is 0.0540 e. The van der Waals surface area contributed by atoms with Crippen molar-refractivity contribution >= 4 is 49.4 Å². The summed E-state index contributed by atoms with van der Waals surface area (Å²) in [4.78, 5) is 2.39. The Morgan fingerprint density at radius 2 is 1.00 bits per heavy atom. The van der Waals surface area contributed by atoms with Gasteiger partial charge in [0.15, 0.2) is 0 Å². The Hall–Kier alpha value is -3.84. The van der Waals surface area contributed by atoms with Gasteiger partial charge in [0.05, 0.1) is 5.69 Å². The lowest BCUT2D eigenvalue weighted by Crippen LogP contribution is -2.11. The number of hydrogen-bond acceptors (Lipinski definition) is 1. The third-order valence-electron chi connectivity index (χ3n) is 6.27. The molecule has 6 rings (SSSR count). The van der Waals surface area contributed by atoms with Crippen LogP contribution >= 0.6 is 0 Å². The molecule has 0 heterocycles. The Bertz CT molecular complexity index is 1500. The van der Waals surface area contributed by atoms with Crippen LogP contribution in [0.15, 0.2) is 103 Å². The molecule has 0 aromatic heterocycles. The summed E-state index contributed by atoms with van der Waals surface area (Å²) in [6.45, 7) is 4.31. The second-order valence-corrected chi connectivity index (χ2v) is 8.45. The quantitative estimate of drug-likeness (QED) is 0.270. The van der Waals surface area contributed by atoms with Crippen LogP contribution in [-0.2, 0) is 0 Å². The van der Waals surface area contributed by atoms with E-state index in [1.54, 1.807) is 0 Å². The molecule has 148 valence electrons. The molecule has 1 heteroatoms. The molecule has 0 spiro atoms. The van der Waals surface area contributed by atoms with Gasteiger partial charge in [-0.15, -0.1) is 0 Å². The maximum absolute atomic E-state index is 2.39. The molecular weight excluding hydrogens is 374 g/mol. The van der Waals surface area contributed by atoms with E-state index in [9.17, 15) is 0 Å². The number of aryl methyl sites for hydroxylation is 2. The van der Waals surface area contributed by atoms with Crippen molar-refractivity contribution in [1.29, 1.82) is 0 Å². The van der Waals surface area contributed by atoms with Crippen LogP contribution in [0, 0.1) is 13.8 Å². The molecule has 6 aromatic carbocycles. The molecule has 0 amide bonds. The van der Waals surface area contributed by atoms with Gasteiger partial charge in [0.2, 0.25) is 0 Å². The Morgan fingerprint density at radius 1 is 0.484 bits per heavy atom. The largest absolute Gasteiger partial charge is 0.310 e. The lowest BCUT2D eigenvalue weighted by atomic mass is 9.93. The Kier molecular flexibility index (Phi) is 3.97. The molecule has 31 heavy (non-hydrogen) atoms. The summed E-state index contributed by atoms with van der Waals surface area (Å²) < 4.78 is 0. The molecule has 0 unspecified atom stereocenters. The molecule has 0 saturated heterocycles. The molecular formula is C30H23N. The number of nitrogens with zero attached hydrogens (tertiary/aromatic N) is 1. The summed E-state index contributed by atoms with van der Waals surface area (Å²) in [5.74, 6) is 0. The van der Waals surface area contributed by atoms with Crippen molar-refractivity contribution in [3.63, 3.8) is 0 Å². The van der Waals surface area contributed by atoms with Crippen LogP contribution < -0.4 is 4.90 Å². The normalized spacial score (nSPS) is 11.5. The zero-order chi connectivity index (χ0) is 20.9. The van der Waals surface area contributed by atoms with E-state index < -0.39 is 0 Å². The van der Waals surface area contributed by atoms with Crippen LogP contribution in [-0.4, -0.2) is 0 Å². The molecule has 0 aliphatic rings. The van der Waals surface area contributed by atoms with E-state index in [4.69, 9.17) is 0 Å². The summed E-state index contributed by atoms with van der Waals surface area (Å²) in [6.07, 6.45) is 0. The number of hydrogen-bond donors (Lipinski definition) is 0. The van der Waals surface area contributed by atoms with E-state index in [0.29, 0.717) is 0 Å². The van der Waals surface area contributed by atoms with Crippen molar-refractivity contribution in [3.8, 4) is 0 Å². The van der Waals surface area contributed by atoms with Crippen molar-refractivity contribution in [3.05, 3.63) is 114 Å². The molecule has 0 aliphatic heterocycles. The molecule has 0 fully saturated rings. The van der Waals surface area contributed by atoms with Gasteiger partial charge in [-0.2, -0.15) is 0 Å². The lowest BCUT2D eigenvalue weighted by Gasteiger charge is -2.28. The molecule has 0 N–H and O–H groups in total. The molecule has 0 aliphatic carbocycles. The van der Waals surface area contributed by atoms with Gasteiger partial charge in [-0.1, -0.05) is 72.8 Å². The van der Waals surface area contributed by atoms with Crippen molar-refractivity contribution in [2.45, 2.75) is 13.8 Å². The van der Waals surface area contributed by atoms with Gasteiger partial charge in [-0.25, -0.2) is 0 Å². The van der Waals surface area contributed by atoms with Gasteiger partial charge in [0.1, 0.15) is 0 Å². The first-order valence-corrected chi connectivity index (χ1v) is 10.8. The first-order chi connectivity index (χ1) is 15.2. The van der Waals surface area contributed by atoms with E-state index in [2.05, 4.69) is 122 Å². The van der Waals surface area contributed by atoms with Crippen LogP contribution in [0.3, 0.4) is 0 Å². The Labute approximate surface area is 182 Å². The third-order valence-corrected chi connectivity index (χ3v) is 6.27. The molecule has 0 atom stereocenters. The first kappa shape index (κ1) is 18.0. The third kappa shape index (κ3) is 2.85. The number of anilines is 3. The van der Waals surface area contributed by atoms with Crippen molar-refractivity contribution in [2.24, 2.45) is 0 Å². The molecule has 0 bridgehead atoms. The predicted molar refractivity (Wildman–Crippen MR) is 134 cm³/mol. The van der Waals surface area contributed by atoms with Crippen molar-refractivity contribution in [1.82, 2.24) is 0 Å². The lowest BCUT2D eigenvalue weighted by molar-refractivity contribution is 1.27. The summed E-state index contributed by atoms with van der Waals surface area (Å²) in [7, 11) is 0. The summed E-state index contributed by atoms with van der Waals surface area (Å²) in [6, 6.07) is 37.7. The highest BCUT2D eigenvalue weighted by Gasteiger charge is 2.18. The van der Waals surface area contributed by atoms with Gasteiger partial charge < -0.3 is 4.90 Å². The minimum atomic E-state index is 1.18. The SMILES string of the molecule is Cc1cccc(N(c2cccc(C)c2)c2ccc3ccc4cccc5ccc2c3c45)c1. The van der Waals surface area contributed by atoms with Gasteiger partial charge in [-0.3, -0.25) is 0 Å². The van der Waals surface area contributed by atoms with Gasteiger partial charge >= 0.3 is 0 Å². The fraction of sp³-hybridized carbons (Fsp3) is 0.0667. The van der Waals surface area contributed by atoms with Crippen molar-refractivity contribution in [2.75, 3.05) is 4.90 Å². The van der Waals surface area contributed by atoms with Crippen LogP contribution in [0.25, 0.3) is 32.3 Å². The highest BCUT2D eigenvalue weighted by molar-refractivity contribution is 6.25. The Balaban J connectivity index is 1.72. The molecule has 1 nitrogen and oxygen atoms in total. The first-order valence-electron chi connectivity index (χ1n) is 10.8. The highest BCUT2D eigenvalue weighted by Crippen LogP contribution is 2.43. The van der Waals surface area contributed by atoms with Crippen LogP contribution in [0.5, 0.6) is 0 Å². The summed E-state index contributed by atoms with van der Waals surface area (Å²) in [5, 5.41) is 7.86. The maximum atomic E-state index is 2.39. The van der Waals surface area contributed by atoms with E-state index in [0.717, 1.165) is 0 Å². The topological polar surface area (TPSA) is 3.24 Å². The summed E-state index contributed by atoms with van der Waals surface area (Å²) >= 11 is 0. The Morgan fingerprint density at radius 3 is 1.61 bits per heavy atom. The van der Waals surface area contributed by atoms with E-state index in [1.165, 1.54) is 60.5 Å². The highest BCUT2D eigenvalue weighted by atomic mass is 15.1. The molecule has 0 radical (unpaired) electrons. The number of benzene rings is 6. The standard InChI is InChI=1S/C30H23N/c1-20-6-3-10-25(18-20)31(26-11-4-7-21(2)19-26)28-17-15-24-13-12-22-8-5-9-23-14-16-27(28)30(24)29(22)23/h3-19H,1-2H3. The second-order valence-electron chi connectivity index (χ2n) is 8.45. The van der Waals surface area contributed by atoms with Crippen molar-refractivity contribution < 1.29 is 0 Å². The average molecular weight is 398 g/mol. The monoisotopic (exact) mass is 397 g/mol. The molecule has 6 aromatic rings. The van der Waals surface area contributed by atoms with E-state index in [-0.39, 0.29) is 0 Å². The van der Waals surface area contributed by atoms with Gasteiger partial charge in [0, 0.05) is 16.8 Å². The van der Waals surface area contributed by atoms with Crippen LogP contribution in [0.4, 0.5) is 17.1 Å². The van der Waals surface area contributed by atoms with Gasteiger partial charge in [0.25, 0.3) is 0 Å². The molecule has 0 saturated carbocycles. The fourth-order valence-corrected chi connectivity index (χ4v) is 4.88. The fourth-order valence-electron chi connectivity index (χ4n) is 4.88.